The van der Waals surface area contributed by atoms with E-state index in [9.17, 15) is 4.79 Å². The second-order valence-electron chi connectivity index (χ2n) is 0.963. The van der Waals surface area contributed by atoms with Crippen molar-refractivity contribution in [3.63, 3.8) is 0 Å². The molecule has 0 saturated heterocycles. The van der Waals surface area contributed by atoms with E-state index in [0.29, 0.717) is 6.61 Å². The summed E-state index contributed by atoms with van der Waals surface area (Å²) in [6.07, 6.45) is 0. The van der Waals surface area contributed by atoms with Crippen molar-refractivity contribution in [3.05, 3.63) is 0 Å². The molecule has 2 nitrogen and oxygen atoms in total. The minimum absolute atomic E-state index is 0. The van der Waals surface area contributed by atoms with Crippen molar-refractivity contribution in [1.29, 1.82) is 0 Å². The van der Waals surface area contributed by atoms with Gasteiger partial charge in [-0.2, -0.15) is 12.6 Å². The zero-order valence-corrected chi connectivity index (χ0v) is 8.07. The van der Waals surface area contributed by atoms with Gasteiger partial charge in [-0.25, -0.2) is 0 Å². The summed E-state index contributed by atoms with van der Waals surface area (Å²) in [5.74, 6) is -0.0840. The van der Waals surface area contributed by atoms with Gasteiger partial charge in [0.15, 0.2) is 0 Å². The molecule has 1 radical (unpaired) electrons. The van der Waals surface area contributed by atoms with Gasteiger partial charge in [-0.05, 0) is 6.92 Å². The number of rotatable bonds is 2. The summed E-state index contributed by atoms with van der Waals surface area (Å²) in [5.41, 5.74) is 0. The van der Waals surface area contributed by atoms with E-state index >= 15 is 0 Å². The Labute approximate surface area is 76.7 Å². The van der Waals surface area contributed by atoms with Crippen LogP contribution in [0.25, 0.3) is 0 Å². The molecule has 0 bridgehead atoms. The Morgan fingerprint density at radius 2 is 2.25 bits per heavy atom. The van der Waals surface area contributed by atoms with Gasteiger partial charge in [0.1, 0.15) is 0 Å². The molecule has 0 aliphatic rings. The van der Waals surface area contributed by atoms with Gasteiger partial charge >= 0.3 is 5.97 Å². The van der Waals surface area contributed by atoms with Gasteiger partial charge in [0.25, 0.3) is 0 Å². The van der Waals surface area contributed by atoms with E-state index in [0.717, 1.165) is 0 Å². The first kappa shape index (κ1) is 11.6. The van der Waals surface area contributed by atoms with E-state index in [1.165, 1.54) is 0 Å². The molecule has 43 valence electrons. The zero-order valence-electron chi connectivity index (χ0n) is 5.18. The quantitative estimate of drug-likeness (QED) is 0.337. The fourth-order valence-corrected chi connectivity index (χ4v) is 0.298. The van der Waals surface area contributed by atoms with Crippen LogP contribution in [0.5, 0.6) is 0 Å². The van der Waals surface area contributed by atoms with Gasteiger partial charge in [-0.1, -0.05) is 0 Å². The second-order valence-corrected chi connectivity index (χ2v) is 1.28. The first-order valence-electron chi connectivity index (χ1n) is 2.07. The zero-order chi connectivity index (χ0) is 5.70. The van der Waals surface area contributed by atoms with Crippen LogP contribution in [-0.4, -0.2) is 47.9 Å². The molecule has 0 aromatic rings. The number of hydrogen-bond acceptors (Lipinski definition) is 3. The molecule has 0 spiro atoms. The van der Waals surface area contributed by atoms with E-state index in [-0.39, 0.29) is 41.3 Å². The molecule has 0 amide bonds. The average molecular weight is 143 g/mol. The van der Waals surface area contributed by atoms with E-state index in [4.69, 9.17) is 0 Å². The molecule has 0 rings (SSSR count). The molecule has 8 heavy (non-hydrogen) atoms. The van der Waals surface area contributed by atoms with Crippen molar-refractivity contribution < 1.29 is 9.53 Å². The van der Waals surface area contributed by atoms with Crippen LogP contribution in [0.15, 0.2) is 0 Å². The average Bonchev–Trinajstić information content (AvgIpc) is 1.68. The van der Waals surface area contributed by atoms with Gasteiger partial charge in [-0.3, -0.25) is 4.79 Å². The number of carbonyl (C=O) groups excluding carboxylic acids is 1. The third kappa shape index (κ3) is 6.82. The summed E-state index contributed by atoms with van der Waals surface area (Å²) < 4.78 is 4.48. The van der Waals surface area contributed by atoms with Crippen LogP contribution in [0, 0.1) is 0 Å². The molecule has 0 aliphatic carbocycles. The maximum atomic E-state index is 10.1. The SMILES string of the molecule is CCOC(=O)CS.[Na]. The Kier molecular flexibility index (Phi) is 11.3. The summed E-state index contributed by atoms with van der Waals surface area (Å²) in [5, 5.41) is 0. The largest absolute Gasteiger partial charge is 0.465 e. The Hall–Kier alpha value is 0.820. The van der Waals surface area contributed by atoms with Crippen molar-refractivity contribution in [2.75, 3.05) is 12.4 Å². The van der Waals surface area contributed by atoms with Crippen LogP contribution >= 0.6 is 12.6 Å². The van der Waals surface area contributed by atoms with Gasteiger partial charge in [-0.15, -0.1) is 0 Å². The third-order valence-electron chi connectivity index (χ3n) is 0.434. The summed E-state index contributed by atoms with van der Waals surface area (Å²) in [7, 11) is 0. The number of thiol groups is 1. The maximum Gasteiger partial charge on any atom is 0.315 e. The molecular formula is C4H8NaO2S. The first-order chi connectivity index (χ1) is 3.31. The molecule has 4 heteroatoms. The summed E-state index contributed by atoms with van der Waals surface area (Å²) in [6.45, 7) is 2.21. The van der Waals surface area contributed by atoms with Crippen molar-refractivity contribution in [1.82, 2.24) is 0 Å². The van der Waals surface area contributed by atoms with Crippen LogP contribution in [0.4, 0.5) is 0 Å². The van der Waals surface area contributed by atoms with Crippen LogP contribution in [0.2, 0.25) is 0 Å². The van der Waals surface area contributed by atoms with Crippen molar-refractivity contribution >= 4 is 48.2 Å². The predicted molar refractivity (Wildman–Crippen MR) is 36.2 cm³/mol. The molecule has 0 aromatic heterocycles. The molecule has 0 N–H and O–H groups in total. The number of carbonyl (C=O) groups is 1. The fraction of sp³-hybridized carbons (Fsp3) is 0.750. The summed E-state index contributed by atoms with van der Waals surface area (Å²) >= 11 is 3.67. The smallest absolute Gasteiger partial charge is 0.315 e. The Balaban J connectivity index is 0. The summed E-state index contributed by atoms with van der Waals surface area (Å²) in [4.78, 5) is 10.1. The van der Waals surface area contributed by atoms with Crippen molar-refractivity contribution in [3.8, 4) is 0 Å². The van der Waals surface area contributed by atoms with Gasteiger partial charge < -0.3 is 4.74 Å². The molecule has 0 atom stereocenters. The molecular weight excluding hydrogens is 135 g/mol. The Morgan fingerprint density at radius 1 is 1.75 bits per heavy atom. The Morgan fingerprint density at radius 3 is 2.38 bits per heavy atom. The predicted octanol–water partition coefficient (Wildman–Crippen LogP) is 0.0985. The molecule has 0 aliphatic heterocycles. The minimum Gasteiger partial charge on any atom is -0.465 e. The molecule has 0 aromatic carbocycles. The Bertz CT molecular complexity index is 67.1. The topological polar surface area (TPSA) is 26.3 Å². The standard InChI is InChI=1S/C4H8O2S.Na/c1-2-6-4(5)3-7;/h7H,2-3H2,1H3;. The molecule has 0 saturated carbocycles. The monoisotopic (exact) mass is 143 g/mol. The van der Waals surface area contributed by atoms with Crippen LogP contribution in [0.3, 0.4) is 0 Å². The van der Waals surface area contributed by atoms with Crippen molar-refractivity contribution in [2.24, 2.45) is 0 Å². The second kappa shape index (κ2) is 7.82. The van der Waals surface area contributed by atoms with E-state index < -0.39 is 0 Å². The molecule has 0 heterocycles. The van der Waals surface area contributed by atoms with Crippen LogP contribution in [0.1, 0.15) is 6.92 Å². The normalized spacial score (nSPS) is 7.25. The van der Waals surface area contributed by atoms with Crippen LogP contribution in [-0.2, 0) is 9.53 Å². The maximum absolute atomic E-state index is 10.1. The molecule has 0 unspecified atom stereocenters. The van der Waals surface area contributed by atoms with Gasteiger partial charge in [0.05, 0.1) is 12.4 Å². The van der Waals surface area contributed by atoms with Crippen molar-refractivity contribution in [2.45, 2.75) is 6.92 Å². The van der Waals surface area contributed by atoms with E-state index in [1.807, 2.05) is 0 Å². The summed E-state index contributed by atoms with van der Waals surface area (Å²) in [6, 6.07) is 0. The first-order valence-corrected chi connectivity index (χ1v) is 2.71. The number of ether oxygens (including phenoxy) is 1. The number of hydrogen-bond donors (Lipinski definition) is 1. The van der Waals surface area contributed by atoms with Gasteiger partial charge in [0, 0.05) is 29.6 Å². The molecule has 0 fully saturated rings. The van der Waals surface area contributed by atoms with Gasteiger partial charge in [0.2, 0.25) is 0 Å². The fourth-order valence-electron chi connectivity index (χ4n) is 0.207. The van der Waals surface area contributed by atoms with Crippen LogP contribution < -0.4 is 0 Å². The van der Waals surface area contributed by atoms with E-state index in [2.05, 4.69) is 17.4 Å². The minimum atomic E-state index is -0.258. The number of esters is 1. The third-order valence-corrected chi connectivity index (χ3v) is 0.693. The van der Waals surface area contributed by atoms with E-state index in [1.54, 1.807) is 6.92 Å².